The minimum absolute atomic E-state index is 0.129. The van der Waals surface area contributed by atoms with Gasteiger partial charge in [-0.1, -0.05) is 18.2 Å². The van der Waals surface area contributed by atoms with Crippen molar-refractivity contribution in [2.24, 2.45) is 0 Å². The zero-order chi connectivity index (χ0) is 11.5. The van der Waals surface area contributed by atoms with Crippen LogP contribution >= 0.6 is 0 Å². The molecule has 86 valence electrons. The minimum Gasteiger partial charge on any atom is -0.507 e. The van der Waals surface area contributed by atoms with Crippen LogP contribution in [0.1, 0.15) is 30.0 Å². The van der Waals surface area contributed by atoms with Gasteiger partial charge in [-0.15, -0.1) is 0 Å². The third-order valence-electron chi connectivity index (χ3n) is 2.93. The monoisotopic (exact) mass is 221 g/mol. The molecule has 4 heteroatoms. The largest absolute Gasteiger partial charge is 0.507 e. The lowest BCUT2D eigenvalue weighted by Crippen LogP contribution is -2.13. The fourth-order valence-electron chi connectivity index (χ4n) is 2.15. The highest BCUT2D eigenvalue weighted by Gasteiger charge is 2.20. The Balaban J connectivity index is 2.28. The van der Waals surface area contributed by atoms with Crippen LogP contribution in [0.3, 0.4) is 0 Å². The van der Waals surface area contributed by atoms with Crippen molar-refractivity contribution in [1.29, 1.82) is 0 Å². The van der Waals surface area contributed by atoms with E-state index in [2.05, 4.69) is 5.32 Å². The summed E-state index contributed by atoms with van der Waals surface area (Å²) in [7, 11) is 0. The normalized spacial score (nSPS) is 19.9. The smallest absolute Gasteiger partial charge is 0.307 e. The number of carbonyl (C=O) groups is 1. The molecular formula is C12H15NO3. The van der Waals surface area contributed by atoms with Crippen molar-refractivity contribution >= 4 is 5.97 Å². The van der Waals surface area contributed by atoms with Crippen LogP contribution in [0.25, 0.3) is 0 Å². The van der Waals surface area contributed by atoms with Crippen molar-refractivity contribution in [1.82, 2.24) is 5.32 Å². The van der Waals surface area contributed by atoms with Gasteiger partial charge in [0.05, 0.1) is 6.42 Å². The van der Waals surface area contributed by atoms with Gasteiger partial charge in [0.25, 0.3) is 0 Å². The predicted molar refractivity (Wildman–Crippen MR) is 59.4 cm³/mol. The Morgan fingerprint density at radius 2 is 2.31 bits per heavy atom. The average Bonchev–Trinajstić information content (AvgIpc) is 2.73. The van der Waals surface area contributed by atoms with Crippen LogP contribution < -0.4 is 5.32 Å². The van der Waals surface area contributed by atoms with Crippen LogP contribution in [0, 0.1) is 0 Å². The van der Waals surface area contributed by atoms with E-state index < -0.39 is 5.97 Å². The van der Waals surface area contributed by atoms with Crippen LogP contribution in [0.5, 0.6) is 5.75 Å². The van der Waals surface area contributed by atoms with E-state index in [9.17, 15) is 9.90 Å². The number of hydrogen-bond donors (Lipinski definition) is 3. The highest BCUT2D eigenvalue weighted by molar-refractivity contribution is 5.71. The van der Waals surface area contributed by atoms with Gasteiger partial charge in [0.1, 0.15) is 5.75 Å². The van der Waals surface area contributed by atoms with Gasteiger partial charge in [-0.25, -0.2) is 0 Å². The second-order valence-corrected chi connectivity index (χ2v) is 4.07. The molecule has 16 heavy (non-hydrogen) atoms. The predicted octanol–water partition coefficient (Wildman–Crippen LogP) is 1.44. The molecule has 1 fully saturated rings. The zero-order valence-corrected chi connectivity index (χ0v) is 8.94. The Morgan fingerprint density at radius 1 is 1.50 bits per heavy atom. The van der Waals surface area contributed by atoms with Crippen molar-refractivity contribution in [3.05, 3.63) is 29.3 Å². The molecule has 0 aromatic heterocycles. The van der Waals surface area contributed by atoms with Crippen LogP contribution in [0.4, 0.5) is 0 Å². The average molecular weight is 221 g/mol. The van der Waals surface area contributed by atoms with E-state index >= 15 is 0 Å². The number of hydrogen-bond acceptors (Lipinski definition) is 3. The lowest BCUT2D eigenvalue weighted by molar-refractivity contribution is -0.136. The Hall–Kier alpha value is -1.55. The molecule has 0 radical (unpaired) electrons. The number of carboxylic acid groups (broad SMARTS) is 1. The van der Waals surface area contributed by atoms with Crippen molar-refractivity contribution in [3.8, 4) is 5.75 Å². The Kier molecular flexibility index (Phi) is 3.10. The van der Waals surface area contributed by atoms with Crippen LogP contribution in [0.2, 0.25) is 0 Å². The van der Waals surface area contributed by atoms with Crippen molar-refractivity contribution in [2.45, 2.75) is 25.3 Å². The molecule has 1 atom stereocenters. The Morgan fingerprint density at radius 3 is 2.94 bits per heavy atom. The first-order chi connectivity index (χ1) is 7.68. The van der Waals surface area contributed by atoms with Gasteiger partial charge in [0, 0.05) is 17.2 Å². The molecule has 1 aromatic rings. The Labute approximate surface area is 93.9 Å². The summed E-state index contributed by atoms with van der Waals surface area (Å²) in [5.74, 6) is -0.795. The van der Waals surface area contributed by atoms with Gasteiger partial charge in [0.2, 0.25) is 0 Å². The van der Waals surface area contributed by atoms with E-state index in [4.69, 9.17) is 5.11 Å². The number of benzene rings is 1. The van der Waals surface area contributed by atoms with E-state index in [0.29, 0.717) is 5.56 Å². The first kappa shape index (κ1) is 11.0. The van der Waals surface area contributed by atoms with Crippen LogP contribution in [-0.2, 0) is 11.2 Å². The van der Waals surface area contributed by atoms with Crippen molar-refractivity contribution < 1.29 is 15.0 Å². The summed E-state index contributed by atoms with van der Waals surface area (Å²) in [6.07, 6.45) is 1.95. The lowest BCUT2D eigenvalue weighted by Gasteiger charge is -2.14. The summed E-state index contributed by atoms with van der Waals surface area (Å²) in [4.78, 5) is 10.6. The van der Waals surface area contributed by atoms with E-state index in [1.807, 2.05) is 6.07 Å². The van der Waals surface area contributed by atoms with Crippen LogP contribution in [-0.4, -0.2) is 22.7 Å². The van der Waals surface area contributed by atoms with Crippen molar-refractivity contribution in [3.63, 3.8) is 0 Å². The molecule has 0 saturated carbocycles. The fourth-order valence-corrected chi connectivity index (χ4v) is 2.15. The highest BCUT2D eigenvalue weighted by Crippen LogP contribution is 2.32. The summed E-state index contributed by atoms with van der Waals surface area (Å²) in [5.41, 5.74) is 1.30. The molecule has 3 N–H and O–H groups in total. The molecule has 0 amide bonds. The first-order valence-electron chi connectivity index (χ1n) is 5.44. The molecule has 4 nitrogen and oxygen atoms in total. The first-order valence-corrected chi connectivity index (χ1v) is 5.44. The summed E-state index contributed by atoms with van der Waals surface area (Å²) >= 11 is 0. The SMILES string of the molecule is O=C(O)Cc1cccc([C@H]2CCCN2)c1O. The van der Waals surface area contributed by atoms with E-state index in [1.54, 1.807) is 12.1 Å². The summed E-state index contributed by atoms with van der Waals surface area (Å²) < 4.78 is 0. The zero-order valence-electron chi connectivity index (χ0n) is 8.94. The summed E-state index contributed by atoms with van der Waals surface area (Å²) in [5, 5.41) is 22.0. The van der Waals surface area contributed by atoms with Crippen molar-refractivity contribution in [2.75, 3.05) is 6.54 Å². The molecule has 0 bridgehead atoms. The van der Waals surface area contributed by atoms with Gasteiger partial charge >= 0.3 is 5.97 Å². The molecule has 2 rings (SSSR count). The summed E-state index contributed by atoms with van der Waals surface area (Å²) in [6.45, 7) is 0.952. The van der Waals surface area contributed by atoms with E-state index in [-0.39, 0.29) is 18.2 Å². The van der Waals surface area contributed by atoms with Gasteiger partial charge in [-0.2, -0.15) is 0 Å². The van der Waals surface area contributed by atoms with E-state index in [0.717, 1.165) is 24.9 Å². The number of para-hydroxylation sites is 1. The molecule has 1 aromatic carbocycles. The van der Waals surface area contributed by atoms with Gasteiger partial charge in [-0.3, -0.25) is 4.79 Å². The highest BCUT2D eigenvalue weighted by atomic mass is 16.4. The number of aromatic hydroxyl groups is 1. The molecule has 1 aliphatic rings. The summed E-state index contributed by atoms with van der Waals surface area (Å²) in [6, 6.07) is 5.47. The maximum absolute atomic E-state index is 10.6. The molecule has 0 aliphatic carbocycles. The number of aliphatic carboxylic acids is 1. The molecule has 0 unspecified atom stereocenters. The number of phenols is 1. The van der Waals surface area contributed by atoms with Crippen LogP contribution in [0.15, 0.2) is 18.2 Å². The van der Waals surface area contributed by atoms with E-state index in [1.165, 1.54) is 0 Å². The number of nitrogens with one attached hydrogen (secondary N) is 1. The van der Waals surface area contributed by atoms with Gasteiger partial charge in [0.15, 0.2) is 0 Å². The Bertz CT molecular complexity index is 397. The maximum atomic E-state index is 10.6. The molecular weight excluding hydrogens is 206 g/mol. The second-order valence-electron chi connectivity index (χ2n) is 4.07. The standard InChI is InChI=1S/C12H15NO3/c14-11(15)7-8-3-1-4-9(12(8)16)10-5-2-6-13-10/h1,3-4,10,13,16H,2,5-7H2,(H,14,15)/t10-/m1/s1. The third kappa shape index (κ3) is 2.17. The molecule has 1 saturated heterocycles. The topological polar surface area (TPSA) is 69.6 Å². The third-order valence-corrected chi connectivity index (χ3v) is 2.93. The number of phenolic OH excluding ortho intramolecular Hbond substituents is 1. The second kappa shape index (κ2) is 4.53. The molecule has 1 aliphatic heterocycles. The number of rotatable bonds is 3. The maximum Gasteiger partial charge on any atom is 0.307 e. The number of carboxylic acids is 1. The minimum atomic E-state index is -0.924. The van der Waals surface area contributed by atoms with Gasteiger partial charge < -0.3 is 15.5 Å². The fraction of sp³-hybridized carbons (Fsp3) is 0.417. The van der Waals surface area contributed by atoms with Gasteiger partial charge in [-0.05, 0) is 19.4 Å². The quantitative estimate of drug-likeness (QED) is 0.722. The molecule has 0 spiro atoms. The molecule has 1 heterocycles. The lowest BCUT2D eigenvalue weighted by atomic mass is 9.99.